The van der Waals surface area contributed by atoms with Gasteiger partial charge in [0.15, 0.2) is 0 Å². The highest BCUT2D eigenvalue weighted by atomic mass is 15.2. The van der Waals surface area contributed by atoms with E-state index in [1.165, 1.54) is 77.7 Å². The van der Waals surface area contributed by atoms with Crippen molar-refractivity contribution in [2.45, 2.75) is 64.0 Å². The first-order chi connectivity index (χ1) is 9.86. The minimum atomic E-state index is 0.773. The summed E-state index contributed by atoms with van der Waals surface area (Å²) in [4.78, 5) is 5.51. The maximum atomic E-state index is 3.71. The quantitative estimate of drug-likeness (QED) is 0.833. The molecule has 0 spiro atoms. The average Bonchev–Trinajstić information content (AvgIpc) is 3.12. The molecule has 2 saturated heterocycles. The SMILES string of the molecule is CCNC1CCCC1N1CCC(CN2CCCC2)CC1. The fraction of sp³-hybridized carbons (Fsp3) is 1.00. The third-order valence-electron chi connectivity index (χ3n) is 5.78. The molecule has 3 nitrogen and oxygen atoms in total. The van der Waals surface area contributed by atoms with Crippen molar-refractivity contribution < 1.29 is 0 Å². The minimum absolute atomic E-state index is 0.773. The third-order valence-corrected chi connectivity index (χ3v) is 5.78. The number of hydrogen-bond acceptors (Lipinski definition) is 3. The van der Waals surface area contributed by atoms with Crippen LogP contribution in [0.4, 0.5) is 0 Å². The smallest absolute Gasteiger partial charge is 0.0249 e. The number of nitrogens with one attached hydrogen (secondary N) is 1. The zero-order chi connectivity index (χ0) is 13.8. The van der Waals surface area contributed by atoms with Crippen LogP contribution in [-0.2, 0) is 0 Å². The van der Waals surface area contributed by atoms with E-state index in [9.17, 15) is 0 Å². The Balaban J connectivity index is 1.43. The molecule has 2 unspecified atom stereocenters. The zero-order valence-electron chi connectivity index (χ0n) is 13.3. The molecular formula is C17H33N3. The van der Waals surface area contributed by atoms with E-state index in [2.05, 4.69) is 22.0 Å². The Hall–Kier alpha value is -0.120. The molecule has 1 aliphatic carbocycles. The summed E-state index contributed by atoms with van der Waals surface area (Å²) in [5.41, 5.74) is 0. The number of piperidine rings is 1. The van der Waals surface area contributed by atoms with Gasteiger partial charge in [-0.1, -0.05) is 13.3 Å². The molecule has 0 amide bonds. The first kappa shape index (κ1) is 14.8. The summed E-state index contributed by atoms with van der Waals surface area (Å²) in [6, 6.07) is 1.61. The summed E-state index contributed by atoms with van der Waals surface area (Å²) in [6.45, 7) is 10.2. The van der Waals surface area contributed by atoms with E-state index in [4.69, 9.17) is 0 Å². The van der Waals surface area contributed by atoms with Crippen molar-refractivity contribution >= 4 is 0 Å². The van der Waals surface area contributed by atoms with Gasteiger partial charge in [-0.3, -0.25) is 4.90 Å². The Morgan fingerprint density at radius 3 is 2.35 bits per heavy atom. The Bertz CT molecular complexity index is 280. The van der Waals surface area contributed by atoms with E-state index in [0.717, 1.165) is 24.5 Å². The number of likely N-dealkylation sites (N-methyl/N-ethyl adjacent to an activating group) is 1. The molecule has 2 aliphatic heterocycles. The van der Waals surface area contributed by atoms with Crippen LogP contribution in [0.3, 0.4) is 0 Å². The Labute approximate surface area is 125 Å². The van der Waals surface area contributed by atoms with Gasteiger partial charge in [0.05, 0.1) is 0 Å². The van der Waals surface area contributed by atoms with Crippen molar-refractivity contribution in [3.8, 4) is 0 Å². The molecule has 20 heavy (non-hydrogen) atoms. The van der Waals surface area contributed by atoms with Crippen molar-refractivity contribution in [2.24, 2.45) is 5.92 Å². The lowest BCUT2D eigenvalue weighted by Crippen LogP contribution is -2.50. The fourth-order valence-electron chi connectivity index (χ4n) is 4.68. The van der Waals surface area contributed by atoms with Gasteiger partial charge in [-0.25, -0.2) is 0 Å². The molecule has 3 rings (SSSR count). The van der Waals surface area contributed by atoms with Crippen molar-refractivity contribution in [2.75, 3.05) is 39.3 Å². The molecule has 3 fully saturated rings. The van der Waals surface area contributed by atoms with Gasteiger partial charge in [-0.15, -0.1) is 0 Å². The van der Waals surface area contributed by atoms with Crippen LogP contribution in [0.2, 0.25) is 0 Å². The van der Waals surface area contributed by atoms with Gasteiger partial charge in [-0.05, 0) is 77.2 Å². The van der Waals surface area contributed by atoms with E-state index in [0.29, 0.717) is 0 Å². The lowest BCUT2D eigenvalue weighted by molar-refractivity contribution is 0.104. The van der Waals surface area contributed by atoms with E-state index >= 15 is 0 Å². The van der Waals surface area contributed by atoms with Crippen LogP contribution in [0, 0.1) is 5.92 Å². The molecule has 2 heterocycles. The third kappa shape index (κ3) is 3.55. The summed E-state index contributed by atoms with van der Waals surface area (Å²) < 4.78 is 0. The first-order valence-electron chi connectivity index (χ1n) is 9.06. The number of hydrogen-bond donors (Lipinski definition) is 1. The van der Waals surface area contributed by atoms with Gasteiger partial charge in [0.25, 0.3) is 0 Å². The van der Waals surface area contributed by atoms with E-state index < -0.39 is 0 Å². The summed E-state index contributed by atoms with van der Waals surface area (Å²) in [7, 11) is 0. The highest BCUT2D eigenvalue weighted by Crippen LogP contribution is 2.29. The number of rotatable bonds is 5. The van der Waals surface area contributed by atoms with E-state index in [1.54, 1.807) is 0 Å². The van der Waals surface area contributed by atoms with Crippen LogP contribution in [0.1, 0.15) is 51.9 Å². The van der Waals surface area contributed by atoms with Gasteiger partial charge >= 0.3 is 0 Å². The maximum absolute atomic E-state index is 3.71. The summed E-state index contributed by atoms with van der Waals surface area (Å²) in [5.74, 6) is 0.975. The largest absolute Gasteiger partial charge is 0.313 e. The normalized spacial score (nSPS) is 34.0. The second kappa shape index (κ2) is 7.24. The van der Waals surface area contributed by atoms with Crippen LogP contribution < -0.4 is 5.32 Å². The van der Waals surface area contributed by atoms with Gasteiger partial charge < -0.3 is 10.2 Å². The molecule has 0 radical (unpaired) electrons. The highest BCUT2D eigenvalue weighted by Gasteiger charge is 2.33. The predicted octanol–water partition coefficient (Wildman–Crippen LogP) is 2.32. The standard InChI is InChI=1S/C17H33N3/c1-2-18-16-6-5-7-17(16)20-12-8-15(9-13-20)14-19-10-3-4-11-19/h15-18H,2-14H2,1H3. The average molecular weight is 279 g/mol. The summed E-state index contributed by atoms with van der Waals surface area (Å²) >= 11 is 0. The van der Waals surface area contributed by atoms with Crippen molar-refractivity contribution in [1.29, 1.82) is 0 Å². The van der Waals surface area contributed by atoms with E-state index in [-0.39, 0.29) is 0 Å². The molecule has 1 N–H and O–H groups in total. The van der Waals surface area contributed by atoms with Crippen LogP contribution >= 0.6 is 0 Å². The van der Waals surface area contributed by atoms with Crippen LogP contribution in [0.25, 0.3) is 0 Å². The topological polar surface area (TPSA) is 18.5 Å². The summed E-state index contributed by atoms with van der Waals surface area (Å²) in [5, 5.41) is 3.71. The Morgan fingerprint density at radius 2 is 1.65 bits per heavy atom. The minimum Gasteiger partial charge on any atom is -0.313 e. The van der Waals surface area contributed by atoms with Crippen LogP contribution in [-0.4, -0.2) is 61.2 Å². The molecule has 116 valence electrons. The first-order valence-corrected chi connectivity index (χ1v) is 9.06. The molecule has 0 aromatic carbocycles. The fourth-order valence-corrected chi connectivity index (χ4v) is 4.68. The summed E-state index contributed by atoms with van der Waals surface area (Å²) in [6.07, 6.45) is 9.99. The van der Waals surface area contributed by atoms with Gasteiger partial charge in [0.2, 0.25) is 0 Å². The number of likely N-dealkylation sites (tertiary alicyclic amines) is 2. The molecule has 0 aromatic heterocycles. The molecular weight excluding hydrogens is 246 g/mol. The van der Waals surface area contributed by atoms with Crippen molar-refractivity contribution in [3.05, 3.63) is 0 Å². The van der Waals surface area contributed by atoms with Gasteiger partial charge in [0.1, 0.15) is 0 Å². The molecule has 3 heteroatoms. The molecule has 1 saturated carbocycles. The second-order valence-corrected chi connectivity index (χ2v) is 7.15. The Morgan fingerprint density at radius 1 is 0.900 bits per heavy atom. The van der Waals surface area contributed by atoms with Crippen LogP contribution in [0.5, 0.6) is 0 Å². The van der Waals surface area contributed by atoms with Gasteiger partial charge in [-0.2, -0.15) is 0 Å². The van der Waals surface area contributed by atoms with Crippen molar-refractivity contribution in [1.82, 2.24) is 15.1 Å². The predicted molar refractivity (Wildman–Crippen MR) is 85.1 cm³/mol. The number of nitrogens with zero attached hydrogens (tertiary/aromatic N) is 2. The second-order valence-electron chi connectivity index (χ2n) is 7.15. The molecule has 3 aliphatic rings. The lowest BCUT2D eigenvalue weighted by Gasteiger charge is -2.39. The Kier molecular flexibility index (Phi) is 5.36. The molecule has 2 atom stereocenters. The lowest BCUT2D eigenvalue weighted by atomic mass is 9.94. The maximum Gasteiger partial charge on any atom is 0.0249 e. The van der Waals surface area contributed by atoms with E-state index in [1.807, 2.05) is 0 Å². The molecule has 0 bridgehead atoms. The van der Waals surface area contributed by atoms with Crippen molar-refractivity contribution in [3.63, 3.8) is 0 Å². The molecule has 0 aromatic rings. The van der Waals surface area contributed by atoms with Crippen LogP contribution in [0.15, 0.2) is 0 Å². The zero-order valence-corrected chi connectivity index (χ0v) is 13.3. The highest BCUT2D eigenvalue weighted by molar-refractivity contribution is 4.92. The monoisotopic (exact) mass is 279 g/mol. The van der Waals surface area contributed by atoms with Gasteiger partial charge in [0, 0.05) is 18.6 Å².